The molecule has 1 heterocycles. The molecule has 0 atom stereocenters. The lowest BCUT2D eigenvalue weighted by molar-refractivity contribution is 0.629. The summed E-state index contributed by atoms with van der Waals surface area (Å²) in [5.74, 6) is 0.585. The van der Waals surface area contributed by atoms with Crippen LogP contribution in [-0.4, -0.2) is 28.4 Å². The number of halogens is 2. The van der Waals surface area contributed by atoms with Gasteiger partial charge >= 0.3 is 0 Å². The summed E-state index contributed by atoms with van der Waals surface area (Å²) >= 11 is 3.45. The number of alkyl halides is 1. The number of aromatic nitrogens is 2. The Morgan fingerprint density at radius 3 is 2.94 bits per heavy atom. The van der Waals surface area contributed by atoms with Crippen LogP contribution >= 0.6 is 15.9 Å². The van der Waals surface area contributed by atoms with E-state index in [4.69, 9.17) is 0 Å². The largest absolute Gasteiger partial charge is 0.342 e. The van der Waals surface area contributed by atoms with E-state index in [0.717, 1.165) is 48.2 Å². The lowest BCUT2D eigenvalue weighted by atomic mass is 10.3. The quantitative estimate of drug-likeness (QED) is 0.825. The van der Waals surface area contributed by atoms with E-state index in [1.807, 2.05) is 0 Å². The highest BCUT2D eigenvalue weighted by Gasteiger charge is 2.10. The second kappa shape index (κ2) is 6.18. The number of H-pyrrole nitrogens is 1. The first-order valence-corrected chi connectivity index (χ1v) is 7.33. The number of aromatic amines is 1. The maximum atomic E-state index is 13.1. The summed E-state index contributed by atoms with van der Waals surface area (Å²) in [5, 5.41) is 0.891. The van der Waals surface area contributed by atoms with Crippen LogP contribution in [0.4, 0.5) is 10.3 Å². The third kappa shape index (κ3) is 3.02. The molecule has 0 aliphatic carbocycles. The maximum Gasteiger partial charge on any atom is 0.203 e. The van der Waals surface area contributed by atoms with Crippen LogP contribution in [0.5, 0.6) is 0 Å². The van der Waals surface area contributed by atoms with Crippen molar-refractivity contribution < 1.29 is 4.39 Å². The first kappa shape index (κ1) is 13.3. The van der Waals surface area contributed by atoms with Crippen LogP contribution < -0.4 is 4.90 Å². The van der Waals surface area contributed by atoms with Crippen molar-refractivity contribution in [2.24, 2.45) is 0 Å². The van der Waals surface area contributed by atoms with E-state index in [1.54, 1.807) is 6.07 Å². The number of unbranched alkanes of at least 4 members (excludes halogenated alkanes) is 1. The van der Waals surface area contributed by atoms with Crippen LogP contribution in [0.2, 0.25) is 0 Å². The number of fused-ring (bicyclic) bond motifs is 1. The monoisotopic (exact) mass is 313 g/mol. The predicted octanol–water partition coefficient (Wildman–Crippen LogP) is 3.70. The summed E-state index contributed by atoms with van der Waals surface area (Å²) in [6.07, 6.45) is 2.27. The average Bonchev–Trinajstić information content (AvgIpc) is 2.77. The lowest BCUT2D eigenvalue weighted by Gasteiger charge is -2.20. The molecule has 1 aromatic carbocycles. The minimum absolute atomic E-state index is 0.238. The molecule has 2 rings (SSSR count). The molecule has 0 saturated carbocycles. The Labute approximate surface area is 115 Å². The highest BCUT2D eigenvalue weighted by atomic mass is 79.9. The summed E-state index contributed by atoms with van der Waals surface area (Å²) < 4.78 is 13.1. The van der Waals surface area contributed by atoms with Crippen LogP contribution in [0.15, 0.2) is 18.2 Å². The number of hydrogen-bond acceptors (Lipinski definition) is 2. The molecular formula is C13H17BrFN3. The van der Waals surface area contributed by atoms with Crippen molar-refractivity contribution in [2.75, 3.05) is 23.3 Å². The fourth-order valence-electron chi connectivity index (χ4n) is 1.89. The van der Waals surface area contributed by atoms with Gasteiger partial charge in [-0.15, -0.1) is 0 Å². The second-order valence-electron chi connectivity index (χ2n) is 4.25. The number of hydrogen-bond donors (Lipinski definition) is 1. The molecule has 5 heteroatoms. The second-order valence-corrected chi connectivity index (χ2v) is 5.04. The molecule has 0 radical (unpaired) electrons. The molecule has 0 spiro atoms. The molecule has 0 amide bonds. The Hall–Kier alpha value is -1.10. The Morgan fingerprint density at radius 2 is 2.22 bits per heavy atom. The molecule has 1 N–H and O–H groups in total. The van der Waals surface area contributed by atoms with Gasteiger partial charge < -0.3 is 9.88 Å². The smallest absolute Gasteiger partial charge is 0.203 e. The number of anilines is 1. The van der Waals surface area contributed by atoms with E-state index in [-0.39, 0.29) is 5.82 Å². The Bertz CT molecular complexity index is 512. The molecule has 18 heavy (non-hydrogen) atoms. The van der Waals surface area contributed by atoms with E-state index in [9.17, 15) is 4.39 Å². The zero-order valence-electron chi connectivity index (χ0n) is 10.4. The van der Waals surface area contributed by atoms with Crippen molar-refractivity contribution in [3.05, 3.63) is 24.0 Å². The number of nitrogens with zero attached hydrogens (tertiary/aromatic N) is 2. The van der Waals surface area contributed by atoms with Gasteiger partial charge in [-0.05, 0) is 24.6 Å². The Kier molecular flexibility index (Phi) is 4.58. The van der Waals surface area contributed by atoms with Crippen molar-refractivity contribution >= 4 is 32.9 Å². The zero-order valence-corrected chi connectivity index (χ0v) is 12.0. The van der Waals surface area contributed by atoms with Crippen LogP contribution in [-0.2, 0) is 0 Å². The first-order chi connectivity index (χ1) is 8.74. The Morgan fingerprint density at radius 1 is 1.39 bits per heavy atom. The normalized spacial score (nSPS) is 11.1. The van der Waals surface area contributed by atoms with Gasteiger partial charge in [-0.25, -0.2) is 9.37 Å². The number of rotatable bonds is 6. The SMILES string of the molecule is CCCCN(CCBr)c1nc2ccc(F)cc2[nH]1. The van der Waals surface area contributed by atoms with Gasteiger partial charge in [0.2, 0.25) is 5.95 Å². The molecule has 0 aliphatic heterocycles. The molecule has 2 aromatic rings. The van der Waals surface area contributed by atoms with Crippen LogP contribution in [0, 0.1) is 5.82 Å². The van der Waals surface area contributed by atoms with Crippen molar-refractivity contribution in [2.45, 2.75) is 19.8 Å². The molecule has 0 aliphatic rings. The topological polar surface area (TPSA) is 31.9 Å². The lowest BCUT2D eigenvalue weighted by Crippen LogP contribution is -2.27. The standard InChI is InChI=1S/C13H17BrFN3/c1-2-3-7-18(8-6-14)13-16-11-5-4-10(15)9-12(11)17-13/h4-5,9H,2-3,6-8H2,1H3,(H,16,17). The summed E-state index contributed by atoms with van der Waals surface area (Å²) in [6, 6.07) is 4.63. The molecule has 0 unspecified atom stereocenters. The van der Waals surface area contributed by atoms with Crippen LogP contribution in [0.25, 0.3) is 11.0 Å². The van der Waals surface area contributed by atoms with E-state index >= 15 is 0 Å². The zero-order chi connectivity index (χ0) is 13.0. The molecule has 1 aromatic heterocycles. The average molecular weight is 314 g/mol. The highest BCUT2D eigenvalue weighted by molar-refractivity contribution is 9.09. The summed E-state index contributed by atoms with van der Waals surface area (Å²) in [5.41, 5.74) is 1.56. The molecule has 98 valence electrons. The van der Waals surface area contributed by atoms with Crippen molar-refractivity contribution in [3.63, 3.8) is 0 Å². The summed E-state index contributed by atoms with van der Waals surface area (Å²) in [6.45, 7) is 4.02. The third-order valence-corrected chi connectivity index (χ3v) is 3.22. The third-order valence-electron chi connectivity index (χ3n) is 2.87. The van der Waals surface area contributed by atoms with E-state index in [0.29, 0.717) is 0 Å². The van der Waals surface area contributed by atoms with E-state index < -0.39 is 0 Å². The van der Waals surface area contributed by atoms with Crippen LogP contribution in [0.3, 0.4) is 0 Å². The van der Waals surface area contributed by atoms with Crippen LogP contribution in [0.1, 0.15) is 19.8 Å². The van der Waals surface area contributed by atoms with Gasteiger partial charge in [0.15, 0.2) is 0 Å². The predicted molar refractivity (Wildman–Crippen MR) is 77.0 cm³/mol. The highest BCUT2D eigenvalue weighted by Crippen LogP contribution is 2.18. The van der Waals surface area contributed by atoms with Crippen molar-refractivity contribution in [3.8, 4) is 0 Å². The molecule has 0 bridgehead atoms. The van der Waals surface area contributed by atoms with Gasteiger partial charge in [0.25, 0.3) is 0 Å². The summed E-state index contributed by atoms with van der Waals surface area (Å²) in [7, 11) is 0. The number of benzene rings is 1. The molecular weight excluding hydrogens is 297 g/mol. The summed E-state index contributed by atoms with van der Waals surface area (Å²) in [4.78, 5) is 9.88. The minimum Gasteiger partial charge on any atom is -0.342 e. The molecule has 3 nitrogen and oxygen atoms in total. The van der Waals surface area contributed by atoms with E-state index in [1.165, 1.54) is 12.1 Å². The van der Waals surface area contributed by atoms with Gasteiger partial charge in [0.05, 0.1) is 11.0 Å². The number of imidazole rings is 1. The first-order valence-electron chi connectivity index (χ1n) is 6.20. The van der Waals surface area contributed by atoms with E-state index in [2.05, 4.69) is 37.7 Å². The van der Waals surface area contributed by atoms with Gasteiger partial charge in [-0.3, -0.25) is 0 Å². The minimum atomic E-state index is -0.238. The fourth-order valence-corrected chi connectivity index (χ4v) is 2.32. The van der Waals surface area contributed by atoms with Gasteiger partial charge in [-0.2, -0.15) is 0 Å². The van der Waals surface area contributed by atoms with Gasteiger partial charge in [-0.1, -0.05) is 29.3 Å². The fraction of sp³-hybridized carbons (Fsp3) is 0.462. The van der Waals surface area contributed by atoms with Gasteiger partial charge in [0, 0.05) is 18.4 Å². The molecule has 0 saturated heterocycles. The molecule has 0 fully saturated rings. The van der Waals surface area contributed by atoms with Crippen molar-refractivity contribution in [1.82, 2.24) is 9.97 Å². The van der Waals surface area contributed by atoms with Gasteiger partial charge in [0.1, 0.15) is 5.82 Å². The maximum absolute atomic E-state index is 13.1. The Balaban J connectivity index is 2.26. The van der Waals surface area contributed by atoms with Crippen molar-refractivity contribution in [1.29, 1.82) is 0 Å². The number of nitrogens with one attached hydrogen (secondary N) is 1.